The van der Waals surface area contributed by atoms with Crippen molar-refractivity contribution in [3.8, 4) is 0 Å². The number of methoxy groups -OCH3 is 1. The van der Waals surface area contributed by atoms with Crippen molar-refractivity contribution < 1.29 is 14.3 Å². The van der Waals surface area contributed by atoms with E-state index in [0.717, 1.165) is 25.4 Å². The van der Waals surface area contributed by atoms with Crippen LogP contribution in [-0.4, -0.2) is 43.5 Å². The first-order valence-electron chi connectivity index (χ1n) is 7.32. The molecule has 0 aliphatic heterocycles. The number of esters is 1. The molecule has 1 N–H and O–H groups in total. The van der Waals surface area contributed by atoms with Crippen molar-refractivity contribution in [1.29, 1.82) is 0 Å². The lowest BCUT2D eigenvalue weighted by molar-refractivity contribution is -0.117. The predicted octanol–water partition coefficient (Wildman–Crippen LogP) is 2.60. The van der Waals surface area contributed by atoms with E-state index < -0.39 is 5.97 Å². The summed E-state index contributed by atoms with van der Waals surface area (Å²) in [7, 11) is 1.34. The molecule has 2 rings (SSSR count). The number of carbonyl (C=O) groups is 2. The van der Waals surface area contributed by atoms with E-state index in [-0.39, 0.29) is 5.91 Å². The fraction of sp³-hybridized carbons (Fsp3) is 0.600. The Hall–Kier alpha value is -1.40. The third-order valence-corrected chi connectivity index (χ3v) is 4.32. The third-order valence-electron chi connectivity index (χ3n) is 3.43. The molecule has 6 heteroatoms. The van der Waals surface area contributed by atoms with Crippen molar-refractivity contribution in [3.63, 3.8) is 0 Å². The average molecular weight is 310 g/mol. The van der Waals surface area contributed by atoms with E-state index in [1.807, 2.05) is 0 Å². The molecule has 1 aromatic rings. The average Bonchev–Trinajstić information content (AvgIpc) is 3.15. The standard InChI is InChI=1S/C15H22N2O3S/c1-3-7-17(9-11-4-5-11)10-13(18)16-12-6-8-21-14(12)15(19)20-2/h6,8,11H,3-5,7,9-10H2,1-2H3,(H,16,18). The molecule has 0 atom stereocenters. The van der Waals surface area contributed by atoms with Crippen LogP contribution in [-0.2, 0) is 9.53 Å². The zero-order valence-electron chi connectivity index (χ0n) is 12.6. The van der Waals surface area contributed by atoms with Gasteiger partial charge in [-0.25, -0.2) is 4.79 Å². The van der Waals surface area contributed by atoms with Crippen LogP contribution in [0.4, 0.5) is 5.69 Å². The van der Waals surface area contributed by atoms with Gasteiger partial charge in [0.05, 0.1) is 19.3 Å². The predicted molar refractivity (Wildman–Crippen MR) is 83.7 cm³/mol. The molecule has 1 aromatic heterocycles. The molecule has 0 aromatic carbocycles. The highest BCUT2D eigenvalue weighted by Crippen LogP contribution is 2.29. The first-order valence-corrected chi connectivity index (χ1v) is 8.20. The highest BCUT2D eigenvalue weighted by molar-refractivity contribution is 7.12. The van der Waals surface area contributed by atoms with Gasteiger partial charge in [-0.2, -0.15) is 0 Å². The number of nitrogens with one attached hydrogen (secondary N) is 1. The van der Waals surface area contributed by atoms with E-state index in [4.69, 9.17) is 4.74 Å². The Bertz CT molecular complexity index is 497. The van der Waals surface area contributed by atoms with E-state index in [0.29, 0.717) is 17.1 Å². The van der Waals surface area contributed by atoms with Crippen LogP contribution >= 0.6 is 11.3 Å². The lowest BCUT2D eigenvalue weighted by Gasteiger charge is -2.20. The minimum absolute atomic E-state index is 0.0762. The van der Waals surface area contributed by atoms with E-state index in [1.165, 1.54) is 31.3 Å². The van der Waals surface area contributed by atoms with Gasteiger partial charge in [0, 0.05) is 6.54 Å². The zero-order valence-corrected chi connectivity index (χ0v) is 13.4. The van der Waals surface area contributed by atoms with Crippen molar-refractivity contribution in [1.82, 2.24) is 4.90 Å². The molecule has 116 valence electrons. The Morgan fingerprint density at radius 1 is 1.48 bits per heavy atom. The number of amides is 1. The van der Waals surface area contributed by atoms with Crippen molar-refractivity contribution in [2.75, 3.05) is 32.1 Å². The van der Waals surface area contributed by atoms with Crippen molar-refractivity contribution in [3.05, 3.63) is 16.3 Å². The maximum atomic E-state index is 12.2. The Balaban J connectivity index is 1.90. The van der Waals surface area contributed by atoms with Gasteiger partial charge >= 0.3 is 5.97 Å². The second kappa shape index (κ2) is 7.56. The lowest BCUT2D eigenvalue weighted by atomic mass is 10.3. The topological polar surface area (TPSA) is 58.6 Å². The van der Waals surface area contributed by atoms with Crippen LogP contribution in [0.3, 0.4) is 0 Å². The summed E-state index contributed by atoms with van der Waals surface area (Å²) in [4.78, 5) is 26.4. The minimum atomic E-state index is -0.413. The summed E-state index contributed by atoms with van der Waals surface area (Å²) in [6.45, 7) is 4.42. The lowest BCUT2D eigenvalue weighted by Crippen LogP contribution is -2.35. The molecule has 0 spiro atoms. The minimum Gasteiger partial charge on any atom is -0.465 e. The Kier molecular flexibility index (Phi) is 5.76. The molecule has 1 aliphatic carbocycles. The van der Waals surface area contributed by atoms with Gasteiger partial charge in [-0.3, -0.25) is 9.69 Å². The second-order valence-corrected chi connectivity index (χ2v) is 6.30. The molecular weight excluding hydrogens is 288 g/mol. The van der Waals surface area contributed by atoms with Gasteiger partial charge in [0.25, 0.3) is 0 Å². The summed E-state index contributed by atoms with van der Waals surface area (Å²) < 4.78 is 4.71. The number of hydrogen-bond acceptors (Lipinski definition) is 5. The van der Waals surface area contributed by atoms with Crippen LogP contribution in [0.1, 0.15) is 35.9 Å². The largest absolute Gasteiger partial charge is 0.465 e. The first kappa shape index (κ1) is 16.0. The van der Waals surface area contributed by atoms with Crippen molar-refractivity contribution in [2.45, 2.75) is 26.2 Å². The van der Waals surface area contributed by atoms with Crippen LogP contribution in [0.25, 0.3) is 0 Å². The second-order valence-electron chi connectivity index (χ2n) is 5.38. The highest BCUT2D eigenvalue weighted by atomic mass is 32.1. The van der Waals surface area contributed by atoms with Crippen LogP contribution in [0, 0.1) is 5.92 Å². The Morgan fingerprint density at radius 3 is 2.86 bits per heavy atom. The monoisotopic (exact) mass is 310 g/mol. The maximum absolute atomic E-state index is 12.2. The van der Waals surface area contributed by atoms with Gasteiger partial charge in [0.1, 0.15) is 4.88 Å². The van der Waals surface area contributed by atoms with Crippen molar-refractivity contribution in [2.24, 2.45) is 5.92 Å². The SMILES string of the molecule is CCCN(CC(=O)Nc1ccsc1C(=O)OC)CC1CC1. The summed E-state index contributed by atoms with van der Waals surface area (Å²) in [5.74, 6) is 0.271. The molecule has 0 saturated heterocycles. The van der Waals surface area contributed by atoms with Gasteiger partial charge in [0.15, 0.2) is 0 Å². The summed E-state index contributed by atoms with van der Waals surface area (Å²) in [6.07, 6.45) is 3.59. The quantitative estimate of drug-likeness (QED) is 0.750. The molecule has 0 bridgehead atoms. The number of carbonyl (C=O) groups excluding carboxylic acids is 2. The normalized spacial score (nSPS) is 14.2. The molecule has 21 heavy (non-hydrogen) atoms. The zero-order chi connectivity index (χ0) is 15.2. The van der Waals surface area contributed by atoms with Crippen molar-refractivity contribution >= 4 is 28.9 Å². The molecule has 0 unspecified atom stereocenters. The fourth-order valence-corrected chi connectivity index (χ4v) is 3.03. The van der Waals surface area contributed by atoms with Gasteiger partial charge in [0.2, 0.25) is 5.91 Å². The van der Waals surface area contributed by atoms with E-state index in [2.05, 4.69) is 17.1 Å². The number of hydrogen-bond donors (Lipinski definition) is 1. The van der Waals surface area contributed by atoms with Gasteiger partial charge in [-0.1, -0.05) is 6.92 Å². The Labute approximate surface area is 129 Å². The summed E-state index contributed by atoms with van der Waals surface area (Å²) in [5.41, 5.74) is 0.541. The van der Waals surface area contributed by atoms with Crippen LogP contribution in [0.15, 0.2) is 11.4 Å². The molecule has 1 amide bonds. The molecule has 1 saturated carbocycles. The van der Waals surface area contributed by atoms with Gasteiger partial charge in [-0.15, -0.1) is 11.3 Å². The molecule has 1 heterocycles. The summed E-state index contributed by atoms with van der Waals surface area (Å²) in [5, 5.41) is 4.59. The number of thiophene rings is 1. The first-order chi connectivity index (χ1) is 10.1. The molecule has 0 radical (unpaired) electrons. The van der Waals surface area contributed by atoms with Crippen LogP contribution in [0.5, 0.6) is 0 Å². The van der Waals surface area contributed by atoms with E-state index >= 15 is 0 Å². The maximum Gasteiger partial charge on any atom is 0.350 e. The molecule has 5 nitrogen and oxygen atoms in total. The van der Waals surface area contributed by atoms with Gasteiger partial charge < -0.3 is 10.1 Å². The van der Waals surface area contributed by atoms with E-state index in [1.54, 1.807) is 11.4 Å². The summed E-state index contributed by atoms with van der Waals surface area (Å²) in [6, 6.07) is 1.74. The Morgan fingerprint density at radius 2 is 2.24 bits per heavy atom. The van der Waals surface area contributed by atoms with Crippen LogP contribution in [0.2, 0.25) is 0 Å². The number of anilines is 1. The number of nitrogens with zero attached hydrogens (tertiary/aromatic N) is 1. The highest BCUT2D eigenvalue weighted by Gasteiger charge is 2.25. The molecule has 1 fully saturated rings. The molecular formula is C15H22N2O3S. The summed E-state index contributed by atoms with van der Waals surface area (Å²) >= 11 is 1.27. The number of ether oxygens (including phenoxy) is 1. The third kappa shape index (κ3) is 4.82. The number of rotatable bonds is 8. The fourth-order valence-electron chi connectivity index (χ4n) is 2.27. The van der Waals surface area contributed by atoms with E-state index in [9.17, 15) is 9.59 Å². The van der Waals surface area contributed by atoms with Crippen LogP contribution < -0.4 is 5.32 Å². The van der Waals surface area contributed by atoms with Gasteiger partial charge in [-0.05, 0) is 43.2 Å². The molecule has 1 aliphatic rings. The smallest absolute Gasteiger partial charge is 0.350 e.